The third kappa shape index (κ3) is 2.19. The number of hydrogen-bond donors (Lipinski definition) is 2. The minimum Gasteiger partial charge on any atom is -0.344 e. The van der Waals surface area contributed by atoms with E-state index < -0.39 is 0 Å². The largest absolute Gasteiger partial charge is 0.344 e. The summed E-state index contributed by atoms with van der Waals surface area (Å²) < 4.78 is 0. The minimum absolute atomic E-state index is 0. The van der Waals surface area contributed by atoms with Crippen LogP contribution in [0, 0.1) is 0 Å². The van der Waals surface area contributed by atoms with Crippen LogP contribution in [-0.4, -0.2) is 37.1 Å². The van der Waals surface area contributed by atoms with Gasteiger partial charge in [-0.15, -0.1) is 0 Å². The second kappa shape index (κ2) is 4.80. The molecule has 3 heteroatoms. The van der Waals surface area contributed by atoms with Crippen molar-refractivity contribution in [1.29, 1.82) is 0 Å². The number of hydrogen-bond acceptors (Lipinski definition) is 3. The van der Waals surface area contributed by atoms with Gasteiger partial charge in [0.2, 0.25) is 0 Å². The van der Waals surface area contributed by atoms with Crippen LogP contribution < -0.4 is 11.5 Å². The van der Waals surface area contributed by atoms with Gasteiger partial charge in [0.15, 0.2) is 0 Å². The fraction of sp³-hybridized carbons (Fsp3) is 1.00. The van der Waals surface area contributed by atoms with E-state index in [-0.39, 0.29) is 6.15 Å². The Labute approximate surface area is 75.1 Å². The molecule has 0 aromatic rings. The monoisotopic (exact) mass is 171 g/mol. The first-order valence-electron chi connectivity index (χ1n) is 4.91. The van der Waals surface area contributed by atoms with Crippen LogP contribution in [0.1, 0.15) is 25.7 Å². The average molecular weight is 171 g/mol. The zero-order valence-electron chi connectivity index (χ0n) is 7.89. The smallest absolute Gasteiger partial charge is 0.0119 e. The second-order valence-corrected chi connectivity index (χ2v) is 3.72. The van der Waals surface area contributed by atoms with Crippen molar-refractivity contribution in [2.24, 2.45) is 0 Å². The Hall–Kier alpha value is -0.120. The Morgan fingerprint density at radius 2 is 1.58 bits per heavy atom. The van der Waals surface area contributed by atoms with Crippen LogP contribution in [0.5, 0.6) is 0 Å². The van der Waals surface area contributed by atoms with Gasteiger partial charge in [0, 0.05) is 6.04 Å². The Bertz CT molecular complexity index is 115. The highest BCUT2D eigenvalue weighted by Crippen LogP contribution is 2.17. The molecule has 0 bridgehead atoms. The molecule has 0 spiro atoms. The highest BCUT2D eigenvalue weighted by atomic mass is 15.2. The van der Waals surface area contributed by atoms with E-state index in [0.29, 0.717) is 0 Å². The molecule has 0 aliphatic carbocycles. The van der Waals surface area contributed by atoms with Crippen molar-refractivity contribution < 1.29 is 0 Å². The van der Waals surface area contributed by atoms with Gasteiger partial charge in [0.25, 0.3) is 0 Å². The lowest BCUT2D eigenvalue weighted by atomic mass is 10.1. The second-order valence-electron chi connectivity index (χ2n) is 3.72. The summed E-state index contributed by atoms with van der Waals surface area (Å²) in [5, 5.41) is 3.41. The minimum atomic E-state index is 0. The molecule has 2 saturated heterocycles. The number of likely N-dealkylation sites (tertiary alicyclic amines) is 1. The maximum atomic E-state index is 3.41. The summed E-state index contributed by atoms with van der Waals surface area (Å²) in [6.07, 6.45) is 5.62. The van der Waals surface area contributed by atoms with Gasteiger partial charge < -0.3 is 16.4 Å². The van der Waals surface area contributed by atoms with Crippen molar-refractivity contribution in [2.45, 2.75) is 31.7 Å². The van der Waals surface area contributed by atoms with Crippen LogP contribution in [0.15, 0.2) is 0 Å². The molecule has 0 aromatic carbocycles. The summed E-state index contributed by atoms with van der Waals surface area (Å²) in [4.78, 5) is 2.68. The molecule has 2 heterocycles. The Kier molecular flexibility index (Phi) is 3.98. The molecule has 0 saturated carbocycles. The molecule has 0 unspecified atom stereocenters. The SMILES string of the molecule is C1CCN(C2CCNCC2)C1.N. The Balaban J connectivity index is 0.000000720. The lowest BCUT2D eigenvalue weighted by Crippen LogP contribution is -2.41. The van der Waals surface area contributed by atoms with Gasteiger partial charge in [0.05, 0.1) is 0 Å². The molecule has 2 fully saturated rings. The molecular weight excluding hydrogens is 150 g/mol. The fourth-order valence-corrected chi connectivity index (χ4v) is 2.28. The standard InChI is InChI=1S/C9H18N2.H3N/c1-2-8-11(7-1)9-3-5-10-6-4-9;/h9-10H,1-8H2;1H3. The topological polar surface area (TPSA) is 50.3 Å². The van der Waals surface area contributed by atoms with Crippen LogP contribution in [0.3, 0.4) is 0 Å². The van der Waals surface area contributed by atoms with Crippen molar-refractivity contribution >= 4 is 0 Å². The first-order valence-corrected chi connectivity index (χ1v) is 4.91. The molecular formula is C9H21N3. The van der Waals surface area contributed by atoms with Crippen LogP contribution >= 0.6 is 0 Å². The van der Waals surface area contributed by atoms with Crippen LogP contribution in [0.2, 0.25) is 0 Å². The third-order valence-corrected chi connectivity index (χ3v) is 2.97. The summed E-state index contributed by atoms with van der Waals surface area (Å²) in [5.74, 6) is 0. The molecule has 12 heavy (non-hydrogen) atoms. The highest BCUT2D eigenvalue weighted by molar-refractivity contribution is 4.80. The van der Waals surface area contributed by atoms with Crippen LogP contribution in [0.4, 0.5) is 0 Å². The van der Waals surface area contributed by atoms with E-state index in [1.54, 1.807) is 0 Å². The number of nitrogens with zero attached hydrogens (tertiary/aromatic N) is 1. The lowest BCUT2D eigenvalue weighted by Gasteiger charge is -2.31. The summed E-state index contributed by atoms with van der Waals surface area (Å²) in [5.41, 5.74) is 0. The van der Waals surface area contributed by atoms with E-state index in [9.17, 15) is 0 Å². The Morgan fingerprint density at radius 3 is 2.17 bits per heavy atom. The zero-order valence-corrected chi connectivity index (χ0v) is 7.89. The van der Waals surface area contributed by atoms with Crippen LogP contribution in [0.25, 0.3) is 0 Å². The summed E-state index contributed by atoms with van der Waals surface area (Å²) in [7, 11) is 0. The van der Waals surface area contributed by atoms with E-state index in [4.69, 9.17) is 0 Å². The maximum absolute atomic E-state index is 3.41. The molecule has 2 aliphatic heterocycles. The van der Waals surface area contributed by atoms with E-state index in [0.717, 1.165) is 6.04 Å². The van der Waals surface area contributed by atoms with Crippen molar-refractivity contribution in [3.8, 4) is 0 Å². The van der Waals surface area contributed by atoms with Gasteiger partial charge in [-0.25, -0.2) is 0 Å². The van der Waals surface area contributed by atoms with Crippen molar-refractivity contribution in [3.63, 3.8) is 0 Å². The highest BCUT2D eigenvalue weighted by Gasteiger charge is 2.22. The lowest BCUT2D eigenvalue weighted by molar-refractivity contribution is 0.199. The van der Waals surface area contributed by atoms with Crippen molar-refractivity contribution in [3.05, 3.63) is 0 Å². The molecule has 0 amide bonds. The predicted octanol–water partition coefficient (Wildman–Crippen LogP) is 0.996. The summed E-state index contributed by atoms with van der Waals surface area (Å²) >= 11 is 0. The van der Waals surface area contributed by atoms with Gasteiger partial charge in [-0.3, -0.25) is 0 Å². The van der Waals surface area contributed by atoms with Gasteiger partial charge in [-0.1, -0.05) is 0 Å². The summed E-state index contributed by atoms with van der Waals surface area (Å²) in [6.45, 7) is 5.21. The molecule has 4 N–H and O–H groups in total. The van der Waals surface area contributed by atoms with Crippen LogP contribution in [-0.2, 0) is 0 Å². The molecule has 0 aromatic heterocycles. The van der Waals surface area contributed by atoms with E-state index >= 15 is 0 Å². The molecule has 2 aliphatic rings. The molecule has 2 rings (SSSR count). The summed E-state index contributed by atoms with van der Waals surface area (Å²) in [6, 6.07) is 0.916. The van der Waals surface area contributed by atoms with Gasteiger partial charge in [-0.05, 0) is 51.9 Å². The van der Waals surface area contributed by atoms with E-state index in [1.165, 1.54) is 51.9 Å². The first-order chi connectivity index (χ1) is 5.47. The quantitative estimate of drug-likeness (QED) is 0.618. The van der Waals surface area contributed by atoms with Crippen molar-refractivity contribution in [1.82, 2.24) is 16.4 Å². The Morgan fingerprint density at radius 1 is 1.00 bits per heavy atom. The van der Waals surface area contributed by atoms with Gasteiger partial charge in [-0.2, -0.15) is 0 Å². The van der Waals surface area contributed by atoms with E-state index in [1.807, 2.05) is 0 Å². The molecule has 72 valence electrons. The van der Waals surface area contributed by atoms with Crippen molar-refractivity contribution in [2.75, 3.05) is 26.2 Å². The third-order valence-electron chi connectivity index (χ3n) is 2.97. The average Bonchev–Trinajstić information content (AvgIpc) is 2.58. The fourth-order valence-electron chi connectivity index (χ4n) is 2.28. The molecule has 0 radical (unpaired) electrons. The number of piperidine rings is 1. The normalized spacial score (nSPS) is 27.0. The maximum Gasteiger partial charge on any atom is 0.0119 e. The molecule has 3 nitrogen and oxygen atoms in total. The first kappa shape index (κ1) is 9.96. The van der Waals surface area contributed by atoms with E-state index in [2.05, 4.69) is 10.2 Å². The molecule has 0 atom stereocenters. The number of nitrogens with one attached hydrogen (secondary N) is 1. The zero-order chi connectivity index (χ0) is 7.52. The van der Waals surface area contributed by atoms with Gasteiger partial charge >= 0.3 is 0 Å². The number of rotatable bonds is 1. The predicted molar refractivity (Wildman–Crippen MR) is 51.7 cm³/mol. The van der Waals surface area contributed by atoms with Gasteiger partial charge in [0.1, 0.15) is 0 Å².